The van der Waals surface area contributed by atoms with Gasteiger partial charge < -0.3 is 50.0 Å². The van der Waals surface area contributed by atoms with E-state index >= 15 is 0 Å². The zero-order chi connectivity index (χ0) is 12.6. The Morgan fingerprint density at radius 3 is 0.706 bits per heavy atom. The third-order valence-electron chi connectivity index (χ3n) is 0. The molecule has 0 rings (SSSR count). The van der Waals surface area contributed by atoms with Crippen molar-refractivity contribution in [1.82, 2.24) is 0 Å². The van der Waals surface area contributed by atoms with Crippen molar-refractivity contribution in [3.8, 4) is 0 Å². The van der Waals surface area contributed by atoms with Crippen molar-refractivity contribution in [2.45, 2.75) is 0 Å². The Balaban J connectivity index is -0.0000000247. The van der Waals surface area contributed by atoms with Gasteiger partial charge in [0.25, 0.3) is 0 Å². The van der Waals surface area contributed by atoms with Gasteiger partial charge in [-0.3, -0.25) is 0 Å². The number of nitrogens with two attached hydrogens (primary N) is 2. The molecule has 0 saturated heterocycles. The van der Waals surface area contributed by atoms with E-state index in [-0.39, 0.29) is 113 Å². The molecule has 0 aliphatic carbocycles. The summed E-state index contributed by atoms with van der Waals surface area (Å²) in [6.45, 7) is 0. The van der Waals surface area contributed by atoms with E-state index in [1.54, 1.807) is 0 Å². The summed E-state index contributed by atoms with van der Waals surface area (Å²) in [5, 5.41) is 0. The van der Waals surface area contributed by atoms with Crippen LogP contribution in [0.1, 0.15) is 0 Å². The van der Waals surface area contributed by atoms with E-state index in [0.29, 0.717) is 0 Å². The molecule has 4 N–H and O–H groups in total. The van der Waals surface area contributed by atoms with E-state index in [2.05, 4.69) is 11.5 Å². The fraction of sp³-hybridized carbons (Fsp3) is 0. The molecule has 0 bridgehead atoms. The molecule has 88 valence electrons. The van der Waals surface area contributed by atoms with E-state index in [4.69, 9.17) is 43.3 Å². The number of carbonyl (C=O) groups excluding carboxylic acids is 1. The van der Waals surface area contributed by atoms with Crippen LogP contribution in [0.5, 0.6) is 0 Å². The van der Waals surface area contributed by atoms with Crippen LogP contribution in [0.25, 0.3) is 0 Å². The van der Waals surface area contributed by atoms with Crippen LogP contribution < -0.4 is 40.8 Å². The molecule has 0 heterocycles. The Hall–Kier alpha value is 3.27. The molecule has 0 fully saturated rings. The SMILES string of the molecule is NC(N)=O.O=P([O-])([O-])[O-].O=P([O-])([O-])[O-].[Ca+2].[Ca+2].[Ca+2]. The van der Waals surface area contributed by atoms with E-state index in [0.717, 1.165) is 0 Å². The molecule has 0 atom stereocenters. The van der Waals surface area contributed by atoms with E-state index in [1.807, 2.05) is 0 Å². The Kier molecular flexibility index (Phi) is 41.9. The standard InChI is InChI=1S/CH4N2O.3Ca.2H3O4P/c2-1(3)4;;;;2*1-5(2,3)4/h(H4,2,3,4);;;;2*(H3,1,2,3,4)/q;3*+2;;/p-6. The molecule has 0 aromatic carbocycles. The van der Waals surface area contributed by atoms with Gasteiger partial charge in [0.05, 0.1) is 0 Å². The first kappa shape index (κ1) is 37.0. The second kappa shape index (κ2) is 19.3. The van der Waals surface area contributed by atoms with E-state index in [1.165, 1.54) is 0 Å². The number of carbonyl (C=O) groups is 1. The summed E-state index contributed by atoms with van der Waals surface area (Å²) >= 11 is 0. The molecule has 0 saturated carbocycles. The fourth-order valence-electron chi connectivity index (χ4n) is 0. The Morgan fingerprint density at radius 1 is 0.706 bits per heavy atom. The monoisotopic (exact) mass is 370 g/mol. The average molecular weight is 370 g/mol. The molecule has 0 aromatic rings. The molecule has 0 aliphatic rings. The van der Waals surface area contributed by atoms with Crippen LogP contribution in [0, 0.1) is 0 Å². The van der Waals surface area contributed by atoms with Crippen LogP contribution >= 0.6 is 15.6 Å². The number of rotatable bonds is 0. The predicted octanol–water partition coefficient (Wildman–Crippen LogP) is -7.77. The molecule has 0 spiro atoms. The molecule has 0 unspecified atom stereocenters. The van der Waals surface area contributed by atoms with E-state index < -0.39 is 21.7 Å². The Labute approximate surface area is 186 Å². The maximum atomic E-state index is 9.00. The quantitative estimate of drug-likeness (QED) is 0.303. The van der Waals surface area contributed by atoms with Crippen LogP contribution in [0.2, 0.25) is 0 Å². The maximum absolute atomic E-state index is 9.00. The number of primary amides is 2. The first-order valence-electron chi connectivity index (χ1n) is 2.24. The van der Waals surface area contributed by atoms with Crippen LogP contribution in [0.15, 0.2) is 0 Å². The second-order valence-corrected chi connectivity index (χ2v) is 3.09. The third kappa shape index (κ3) is 538. The molecule has 0 aromatic heterocycles. The fourth-order valence-corrected chi connectivity index (χ4v) is 0. The average Bonchev–Trinajstić information content (AvgIpc) is 1.45. The van der Waals surface area contributed by atoms with Gasteiger partial charge >= 0.3 is 119 Å². The molecule has 16 heteroatoms. The summed E-state index contributed by atoms with van der Waals surface area (Å²) in [4.78, 5) is 60.3. The maximum Gasteiger partial charge on any atom is 2.00 e. The summed E-state index contributed by atoms with van der Waals surface area (Å²) in [6.07, 6.45) is 0. The van der Waals surface area contributed by atoms with Crippen LogP contribution in [0.4, 0.5) is 4.79 Å². The van der Waals surface area contributed by atoms with Crippen LogP contribution in [-0.4, -0.2) is 119 Å². The first-order chi connectivity index (χ1) is 5.73. The number of phosphoric acid groups is 2. The predicted molar refractivity (Wildman–Crippen MR) is 46.2 cm³/mol. The van der Waals surface area contributed by atoms with Crippen LogP contribution in [0.3, 0.4) is 0 Å². The molecule has 17 heavy (non-hydrogen) atoms. The van der Waals surface area contributed by atoms with Crippen molar-refractivity contribution in [2.75, 3.05) is 0 Å². The Bertz CT molecular complexity index is 208. The van der Waals surface area contributed by atoms with Crippen molar-refractivity contribution in [2.24, 2.45) is 11.5 Å². The number of hydrogen-bond acceptors (Lipinski definition) is 9. The smallest absolute Gasteiger partial charge is 0.822 e. The van der Waals surface area contributed by atoms with Crippen LogP contribution in [-0.2, 0) is 9.13 Å². The minimum atomic E-state index is -5.39. The summed E-state index contributed by atoms with van der Waals surface area (Å²) in [5.41, 5.74) is 8.50. The molecular weight excluding hydrogens is 366 g/mol. The summed E-state index contributed by atoms with van der Waals surface area (Å²) in [7, 11) is -10.8. The van der Waals surface area contributed by atoms with Gasteiger partial charge in [-0.25, -0.2) is 4.79 Å². The summed E-state index contributed by atoms with van der Waals surface area (Å²) < 4.78 is 17.1. The van der Waals surface area contributed by atoms with Crippen molar-refractivity contribution in [3.63, 3.8) is 0 Å². The largest absolute Gasteiger partial charge is 2.00 e. The Morgan fingerprint density at radius 2 is 0.706 bits per heavy atom. The normalized spacial score (nSPS) is 8.35. The van der Waals surface area contributed by atoms with Crippen molar-refractivity contribution >= 4 is 135 Å². The first-order valence-corrected chi connectivity index (χ1v) is 5.16. The summed E-state index contributed by atoms with van der Waals surface area (Å²) in [5.74, 6) is 0. The second-order valence-electron chi connectivity index (χ2n) is 1.30. The topological polar surface area (TPSA) is 242 Å². The molecule has 2 amide bonds. The minimum Gasteiger partial charge on any atom is -0.822 e. The zero-order valence-corrected chi connectivity index (χ0v) is 16.8. The van der Waals surface area contributed by atoms with Gasteiger partial charge in [0.15, 0.2) is 0 Å². The van der Waals surface area contributed by atoms with Crippen molar-refractivity contribution < 1.29 is 43.3 Å². The van der Waals surface area contributed by atoms with Crippen molar-refractivity contribution in [3.05, 3.63) is 0 Å². The molecule has 11 nitrogen and oxygen atoms in total. The van der Waals surface area contributed by atoms with Gasteiger partial charge in [0, 0.05) is 0 Å². The minimum absolute atomic E-state index is 0. The van der Waals surface area contributed by atoms with Gasteiger partial charge in [-0.05, 0) is 0 Å². The zero-order valence-electron chi connectivity index (χ0n) is 8.34. The van der Waals surface area contributed by atoms with Gasteiger partial charge in [-0.2, -0.15) is 15.6 Å². The van der Waals surface area contributed by atoms with Gasteiger partial charge in [-0.1, -0.05) is 0 Å². The van der Waals surface area contributed by atoms with Gasteiger partial charge in [0.1, 0.15) is 0 Å². The van der Waals surface area contributed by atoms with Gasteiger partial charge in [-0.15, -0.1) is 0 Å². The number of amides is 2. The van der Waals surface area contributed by atoms with Crippen molar-refractivity contribution in [1.29, 1.82) is 0 Å². The molecule has 0 radical (unpaired) electrons. The summed E-state index contributed by atoms with van der Waals surface area (Å²) in [6, 6.07) is -0.833. The number of hydrogen-bond donors (Lipinski definition) is 2. The van der Waals surface area contributed by atoms with E-state index in [9.17, 15) is 0 Å². The molecule has 0 aliphatic heterocycles. The molecular formula is CH4Ca3N2O9P2. The third-order valence-corrected chi connectivity index (χ3v) is 0. The number of urea groups is 1. The van der Waals surface area contributed by atoms with Gasteiger partial charge in [0.2, 0.25) is 0 Å².